The third kappa shape index (κ3) is 4.42. The molecule has 0 aliphatic rings. The van der Waals surface area contributed by atoms with E-state index in [1.807, 2.05) is 17.5 Å². The second-order valence-corrected chi connectivity index (χ2v) is 6.89. The summed E-state index contributed by atoms with van der Waals surface area (Å²) >= 11 is 2.72. The number of thiophene rings is 1. The van der Waals surface area contributed by atoms with Gasteiger partial charge in [-0.3, -0.25) is 14.2 Å². The van der Waals surface area contributed by atoms with E-state index in [0.717, 1.165) is 4.88 Å². The summed E-state index contributed by atoms with van der Waals surface area (Å²) < 4.78 is 1.64. The zero-order valence-corrected chi connectivity index (χ0v) is 14.2. The maximum absolute atomic E-state index is 11.9. The number of carbonyl (C=O) groups is 2. The van der Waals surface area contributed by atoms with Crippen LogP contribution in [-0.2, 0) is 16.1 Å². The average molecular weight is 351 g/mol. The number of primary amides is 1. The summed E-state index contributed by atoms with van der Waals surface area (Å²) in [6.45, 7) is 5.68. The van der Waals surface area contributed by atoms with Crippen molar-refractivity contribution in [1.82, 2.24) is 20.1 Å². The average Bonchev–Trinajstić information content (AvgIpc) is 3.14. The molecule has 0 bridgehead atoms. The van der Waals surface area contributed by atoms with Gasteiger partial charge in [0.25, 0.3) is 0 Å². The van der Waals surface area contributed by atoms with E-state index in [1.54, 1.807) is 17.6 Å². The minimum absolute atomic E-state index is 0.0381. The van der Waals surface area contributed by atoms with Crippen molar-refractivity contribution in [3.05, 3.63) is 30.2 Å². The number of thioether (sulfide) groups is 1. The van der Waals surface area contributed by atoms with E-state index in [2.05, 4.69) is 22.1 Å². The Morgan fingerprint density at radius 3 is 2.96 bits per heavy atom. The van der Waals surface area contributed by atoms with Crippen LogP contribution in [0, 0.1) is 0 Å². The molecular weight excluding hydrogens is 334 g/mol. The van der Waals surface area contributed by atoms with Gasteiger partial charge in [-0.05, 0) is 18.4 Å². The third-order valence-electron chi connectivity index (χ3n) is 2.84. The summed E-state index contributed by atoms with van der Waals surface area (Å²) in [6.07, 6.45) is 1.61. The Morgan fingerprint density at radius 1 is 1.57 bits per heavy atom. The lowest BCUT2D eigenvalue weighted by Gasteiger charge is -2.11. The molecule has 2 aromatic heterocycles. The smallest absolute Gasteiger partial charge is 0.237 e. The highest BCUT2D eigenvalue weighted by Gasteiger charge is 2.21. The Kier molecular flexibility index (Phi) is 5.94. The minimum atomic E-state index is -0.492. The first-order chi connectivity index (χ1) is 11.0. The lowest BCUT2D eigenvalue weighted by molar-refractivity contribution is -0.120. The highest BCUT2D eigenvalue weighted by molar-refractivity contribution is 8.00. The normalized spacial score (nSPS) is 11.9. The molecule has 23 heavy (non-hydrogen) atoms. The molecule has 0 unspecified atom stereocenters. The Labute approximate surface area is 142 Å². The highest BCUT2D eigenvalue weighted by atomic mass is 32.2. The first kappa shape index (κ1) is 17.2. The lowest BCUT2D eigenvalue weighted by atomic mass is 10.4. The largest absolute Gasteiger partial charge is 0.368 e. The van der Waals surface area contributed by atoms with Gasteiger partial charge in [0.2, 0.25) is 11.8 Å². The molecule has 2 rings (SSSR count). The zero-order valence-electron chi connectivity index (χ0n) is 12.6. The van der Waals surface area contributed by atoms with Crippen LogP contribution in [0.4, 0.5) is 0 Å². The van der Waals surface area contributed by atoms with E-state index in [0.29, 0.717) is 17.5 Å². The number of aromatic nitrogens is 3. The molecule has 2 aromatic rings. The minimum Gasteiger partial charge on any atom is -0.368 e. The van der Waals surface area contributed by atoms with Gasteiger partial charge in [0.1, 0.15) is 6.54 Å². The fraction of sp³-hybridized carbons (Fsp3) is 0.286. The van der Waals surface area contributed by atoms with Gasteiger partial charge < -0.3 is 11.1 Å². The molecule has 122 valence electrons. The number of nitrogens with one attached hydrogen (secondary N) is 1. The lowest BCUT2D eigenvalue weighted by Crippen LogP contribution is -2.31. The van der Waals surface area contributed by atoms with Gasteiger partial charge in [-0.15, -0.1) is 28.1 Å². The topological polar surface area (TPSA) is 103 Å². The molecular formula is C14H17N5O2S2. The molecule has 7 nitrogen and oxygen atoms in total. The molecule has 0 aliphatic carbocycles. The predicted octanol–water partition coefficient (Wildman–Crippen LogP) is 1.27. The van der Waals surface area contributed by atoms with Crippen LogP contribution in [0.3, 0.4) is 0 Å². The Bertz CT molecular complexity index is 696. The molecule has 0 spiro atoms. The third-order valence-corrected chi connectivity index (χ3v) is 4.79. The van der Waals surface area contributed by atoms with Crippen molar-refractivity contribution in [1.29, 1.82) is 0 Å². The number of rotatable bonds is 8. The van der Waals surface area contributed by atoms with Crippen LogP contribution < -0.4 is 11.1 Å². The maximum Gasteiger partial charge on any atom is 0.237 e. The monoisotopic (exact) mass is 351 g/mol. The molecule has 0 saturated heterocycles. The molecule has 2 heterocycles. The fourth-order valence-corrected chi connectivity index (χ4v) is 3.38. The molecule has 0 aromatic carbocycles. The van der Waals surface area contributed by atoms with Crippen molar-refractivity contribution in [3.63, 3.8) is 0 Å². The van der Waals surface area contributed by atoms with E-state index < -0.39 is 5.91 Å². The van der Waals surface area contributed by atoms with E-state index in [9.17, 15) is 9.59 Å². The van der Waals surface area contributed by atoms with Crippen LogP contribution >= 0.6 is 23.1 Å². The number of hydrogen-bond donors (Lipinski definition) is 2. The summed E-state index contributed by atoms with van der Waals surface area (Å²) in [5.74, 6) is -0.0607. The highest BCUT2D eigenvalue weighted by Crippen LogP contribution is 2.29. The number of nitrogens with zero attached hydrogens (tertiary/aromatic N) is 3. The number of carbonyl (C=O) groups excluding carboxylic acids is 2. The SMILES string of the molecule is C=CCNC(=O)[C@@H](C)Sc1nnc(-c2cccs2)n1CC(N)=O. The van der Waals surface area contributed by atoms with Crippen LogP contribution in [0.1, 0.15) is 6.92 Å². The summed E-state index contributed by atoms with van der Waals surface area (Å²) in [4.78, 5) is 24.2. The second kappa shape index (κ2) is 7.93. The summed E-state index contributed by atoms with van der Waals surface area (Å²) in [7, 11) is 0. The molecule has 0 fully saturated rings. The second-order valence-electron chi connectivity index (χ2n) is 4.63. The van der Waals surface area contributed by atoms with Gasteiger partial charge >= 0.3 is 0 Å². The number of amides is 2. The van der Waals surface area contributed by atoms with E-state index in [1.165, 1.54) is 23.1 Å². The molecule has 0 saturated carbocycles. The van der Waals surface area contributed by atoms with E-state index in [-0.39, 0.29) is 17.7 Å². The number of nitrogens with two attached hydrogens (primary N) is 1. The molecule has 2 amide bonds. The molecule has 1 atom stereocenters. The molecule has 0 aliphatic heterocycles. The van der Waals surface area contributed by atoms with Gasteiger partial charge in [0, 0.05) is 6.54 Å². The first-order valence-corrected chi connectivity index (χ1v) is 8.59. The van der Waals surface area contributed by atoms with E-state index >= 15 is 0 Å². The van der Waals surface area contributed by atoms with Gasteiger partial charge in [-0.2, -0.15) is 0 Å². The molecule has 0 radical (unpaired) electrons. The maximum atomic E-state index is 11.9. The van der Waals surface area contributed by atoms with Crippen LogP contribution in [0.15, 0.2) is 35.3 Å². The summed E-state index contributed by atoms with van der Waals surface area (Å²) in [6, 6.07) is 3.78. The van der Waals surface area contributed by atoms with Gasteiger partial charge in [0.15, 0.2) is 11.0 Å². The fourth-order valence-electron chi connectivity index (χ4n) is 1.79. The van der Waals surface area contributed by atoms with Crippen LogP contribution in [0.25, 0.3) is 10.7 Å². The Balaban J connectivity index is 2.23. The van der Waals surface area contributed by atoms with Gasteiger partial charge in [0.05, 0.1) is 10.1 Å². The van der Waals surface area contributed by atoms with Crippen LogP contribution in [-0.4, -0.2) is 38.4 Å². The number of hydrogen-bond acceptors (Lipinski definition) is 6. The van der Waals surface area contributed by atoms with Crippen molar-refractivity contribution >= 4 is 34.9 Å². The standard InChI is InChI=1S/C14H17N5O2S2/c1-3-6-16-13(21)9(2)23-14-18-17-12(10-5-4-7-22-10)19(14)8-11(15)20/h3-5,7,9H,1,6,8H2,2H3,(H2,15,20)(H,16,21)/t9-/m1/s1. The van der Waals surface area contributed by atoms with Gasteiger partial charge in [-0.1, -0.05) is 23.9 Å². The van der Waals surface area contributed by atoms with Crippen LogP contribution in [0.2, 0.25) is 0 Å². The van der Waals surface area contributed by atoms with E-state index in [4.69, 9.17) is 5.73 Å². The Hall–Kier alpha value is -2.13. The Morgan fingerprint density at radius 2 is 2.35 bits per heavy atom. The predicted molar refractivity (Wildman–Crippen MR) is 91.1 cm³/mol. The van der Waals surface area contributed by atoms with Crippen molar-refractivity contribution in [2.45, 2.75) is 23.9 Å². The van der Waals surface area contributed by atoms with Crippen molar-refractivity contribution in [3.8, 4) is 10.7 Å². The van der Waals surface area contributed by atoms with Crippen molar-refractivity contribution in [2.75, 3.05) is 6.54 Å². The van der Waals surface area contributed by atoms with Crippen molar-refractivity contribution in [2.24, 2.45) is 5.73 Å². The quantitative estimate of drug-likeness (QED) is 0.551. The first-order valence-electron chi connectivity index (χ1n) is 6.83. The molecule has 3 N–H and O–H groups in total. The zero-order chi connectivity index (χ0) is 16.8. The summed E-state index contributed by atoms with van der Waals surface area (Å²) in [5, 5.41) is 13.0. The summed E-state index contributed by atoms with van der Waals surface area (Å²) in [5.41, 5.74) is 5.32. The van der Waals surface area contributed by atoms with Crippen molar-refractivity contribution < 1.29 is 9.59 Å². The molecule has 9 heteroatoms. The van der Waals surface area contributed by atoms with Gasteiger partial charge in [-0.25, -0.2) is 0 Å². The van der Waals surface area contributed by atoms with Crippen LogP contribution in [0.5, 0.6) is 0 Å².